The number of nitrogen functional groups attached to an aromatic ring is 1. The van der Waals surface area contributed by atoms with Crippen molar-refractivity contribution in [2.45, 2.75) is 38.7 Å². The second-order valence-electron chi connectivity index (χ2n) is 6.52. The van der Waals surface area contributed by atoms with Gasteiger partial charge in [0.05, 0.1) is 5.69 Å². The highest BCUT2D eigenvalue weighted by molar-refractivity contribution is 5.66. The Hall–Kier alpha value is -1.49. The minimum atomic E-state index is -0.190. The Morgan fingerprint density at radius 1 is 1.45 bits per heavy atom. The standard InChI is InChI=1S/C15H23N3O2/c1-15(2)8-11-7-12(16)13(17-14(11)20-15)18-5-3-10(9-19)4-6-18/h7,10,19H,3-6,8-9,16H2,1-2H3. The summed E-state index contributed by atoms with van der Waals surface area (Å²) >= 11 is 0. The van der Waals surface area contributed by atoms with Gasteiger partial charge in [-0.05, 0) is 38.7 Å². The van der Waals surface area contributed by atoms with Crippen LogP contribution in [-0.4, -0.2) is 35.4 Å². The number of aliphatic hydroxyl groups excluding tert-OH is 1. The van der Waals surface area contributed by atoms with Gasteiger partial charge in [0.1, 0.15) is 5.60 Å². The number of nitrogens with zero attached hydrogens (tertiary/aromatic N) is 2. The number of fused-ring (bicyclic) bond motifs is 1. The van der Waals surface area contributed by atoms with Crippen molar-refractivity contribution < 1.29 is 9.84 Å². The van der Waals surface area contributed by atoms with Gasteiger partial charge in [0, 0.05) is 31.7 Å². The molecule has 1 saturated heterocycles. The molecule has 1 aromatic heterocycles. The highest BCUT2D eigenvalue weighted by atomic mass is 16.5. The molecule has 5 nitrogen and oxygen atoms in total. The van der Waals surface area contributed by atoms with Gasteiger partial charge in [0.25, 0.3) is 0 Å². The molecule has 3 rings (SSSR count). The number of aromatic nitrogens is 1. The zero-order valence-corrected chi connectivity index (χ0v) is 12.2. The highest BCUT2D eigenvalue weighted by Gasteiger charge is 2.33. The Morgan fingerprint density at radius 3 is 2.80 bits per heavy atom. The molecule has 20 heavy (non-hydrogen) atoms. The van der Waals surface area contributed by atoms with Crippen LogP contribution in [0.1, 0.15) is 32.3 Å². The molecule has 0 atom stereocenters. The lowest BCUT2D eigenvalue weighted by Crippen LogP contribution is -2.35. The lowest BCUT2D eigenvalue weighted by Gasteiger charge is -2.32. The summed E-state index contributed by atoms with van der Waals surface area (Å²) in [6.07, 6.45) is 2.83. The molecule has 0 aliphatic carbocycles. The van der Waals surface area contributed by atoms with Gasteiger partial charge in [0.2, 0.25) is 5.88 Å². The molecular formula is C15H23N3O2. The molecule has 3 heterocycles. The molecule has 0 radical (unpaired) electrons. The van der Waals surface area contributed by atoms with Crippen molar-refractivity contribution in [3.05, 3.63) is 11.6 Å². The Kier molecular flexibility index (Phi) is 3.24. The number of hydrogen-bond acceptors (Lipinski definition) is 5. The zero-order chi connectivity index (χ0) is 14.3. The molecule has 0 bridgehead atoms. The summed E-state index contributed by atoms with van der Waals surface area (Å²) in [5, 5.41) is 9.21. The summed E-state index contributed by atoms with van der Waals surface area (Å²) in [6, 6.07) is 2.00. The van der Waals surface area contributed by atoms with Crippen LogP contribution in [0.4, 0.5) is 11.5 Å². The number of pyridine rings is 1. The maximum atomic E-state index is 9.21. The van der Waals surface area contributed by atoms with E-state index >= 15 is 0 Å². The van der Waals surface area contributed by atoms with Crippen LogP contribution in [0.5, 0.6) is 5.88 Å². The van der Waals surface area contributed by atoms with Crippen LogP contribution < -0.4 is 15.4 Å². The first-order valence-corrected chi connectivity index (χ1v) is 7.33. The van der Waals surface area contributed by atoms with Crippen molar-refractivity contribution in [3.8, 4) is 5.88 Å². The fraction of sp³-hybridized carbons (Fsp3) is 0.667. The zero-order valence-electron chi connectivity index (χ0n) is 12.2. The lowest BCUT2D eigenvalue weighted by atomic mass is 9.97. The number of aliphatic hydroxyl groups is 1. The van der Waals surface area contributed by atoms with Crippen molar-refractivity contribution in [3.63, 3.8) is 0 Å². The predicted molar refractivity (Wildman–Crippen MR) is 79.1 cm³/mol. The van der Waals surface area contributed by atoms with E-state index in [0.29, 0.717) is 5.92 Å². The molecule has 0 aromatic carbocycles. The van der Waals surface area contributed by atoms with Gasteiger partial charge in [-0.1, -0.05) is 0 Å². The third-order valence-corrected chi connectivity index (χ3v) is 4.23. The Balaban J connectivity index is 1.82. The van der Waals surface area contributed by atoms with Crippen molar-refractivity contribution in [1.82, 2.24) is 4.98 Å². The van der Waals surface area contributed by atoms with E-state index in [1.165, 1.54) is 0 Å². The van der Waals surface area contributed by atoms with Crippen LogP contribution in [0, 0.1) is 5.92 Å². The van der Waals surface area contributed by atoms with E-state index in [4.69, 9.17) is 10.5 Å². The molecule has 5 heteroatoms. The second-order valence-corrected chi connectivity index (χ2v) is 6.52. The van der Waals surface area contributed by atoms with Crippen LogP contribution in [-0.2, 0) is 6.42 Å². The van der Waals surface area contributed by atoms with Crippen molar-refractivity contribution in [1.29, 1.82) is 0 Å². The van der Waals surface area contributed by atoms with Crippen molar-refractivity contribution in [2.75, 3.05) is 30.3 Å². The summed E-state index contributed by atoms with van der Waals surface area (Å²) in [7, 11) is 0. The van der Waals surface area contributed by atoms with Gasteiger partial charge in [-0.25, -0.2) is 0 Å². The number of hydrogen-bond donors (Lipinski definition) is 2. The summed E-state index contributed by atoms with van der Waals surface area (Å²) < 4.78 is 5.89. The van der Waals surface area contributed by atoms with Gasteiger partial charge in [-0.2, -0.15) is 4.98 Å². The maximum Gasteiger partial charge on any atom is 0.219 e. The quantitative estimate of drug-likeness (QED) is 0.859. The van der Waals surface area contributed by atoms with Crippen LogP contribution in [0.25, 0.3) is 0 Å². The van der Waals surface area contributed by atoms with E-state index in [1.54, 1.807) is 0 Å². The predicted octanol–water partition coefficient (Wildman–Crippen LogP) is 1.59. The van der Waals surface area contributed by atoms with Gasteiger partial charge in [-0.3, -0.25) is 0 Å². The topological polar surface area (TPSA) is 71.6 Å². The molecule has 2 aliphatic heterocycles. The first-order valence-electron chi connectivity index (χ1n) is 7.33. The fourth-order valence-corrected chi connectivity index (χ4v) is 3.10. The summed E-state index contributed by atoms with van der Waals surface area (Å²) in [4.78, 5) is 6.84. The van der Waals surface area contributed by atoms with Gasteiger partial charge < -0.3 is 20.5 Å². The number of rotatable bonds is 2. The van der Waals surface area contributed by atoms with Crippen molar-refractivity contribution in [2.24, 2.45) is 5.92 Å². The molecule has 110 valence electrons. The average molecular weight is 277 g/mol. The number of piperidine rings is 1. The molecule has 3 N–H and O–H groups in total. The first-order chi connectivity index (χ1) is 9.48. The van der Waals surface area contributed by atoms with Crippen LogP contribution in [0.3, 0.4) is 0 Å². The van der Waals surface area contributed by atoms with E-state index in [2.05, 4.69) is 23.7 Å². The molecule has 0 spiro atoms. The normalized spacial score (nSPS) is 21.6. The van der Waals surface area contributed by atoms with Crippen LogP contribution in [0.15, 0.2) is 6.07 Å². The fourth-order valence-electron chi connectivity index (χ4n) is 3.10. The van der Waals surface area contributed by atoms with E-state index < -0.39 is 0 Å². The molecule has 0 saturated carbocycles. The van der Waals surface area contributed by atoms with Crippen LogP contribution >= 0.6 is 0 Å². The Morgan fingerprint density at radius 2 is 2.15 bits per heavy atom. The van der Waals surface area contributed by atoms with E-state index in [0.717, 1.165) is 55.3 Å². The first kappa shape index (κ1) is 13.5. The van der Waals surface area contributed by atoms with E-state index in [9.17, 15) is 5.11 Å². The monoisotopic (exact) mass is 277 g/mol. The van der Waals surface area contributed by atoms with Crippen molar-refractivity contribution >= 4 is 11.5 Å². The van der Waals surface area contributed by atoms with Gasteiger partial charge in [-0.15, -0.1) is 0 Å². The van der Waals surface area contributed by atoms with Crippen LogP contribution in [0.2, 0.25) is 0 Å². The molecule has 1 aromatic rings. The SMILES string of the molecule is CC1(C)Cc2cc(N)c(N3CCC(CO)CC3)nc2O1. The third-order valence-electron chi connectivity index (χ3n) is 4.23. The second kappa shape index (κ2) is 4.81. The smallest absolute Gasteiger partial charge is 0.219 e. The lowest BCUT2D eigenvalue weighted by molar-refractivity contribution is 0.133. The molecular weight excluding hydrogens is 254 g/mol. The maximum absolute atomic E-state index is 9.21. The largest absolute Gasteiger partial charge is 0.471 e. The summed E-state index contributed by atoms with van der Waals surface area (Å²) in [5.74, 6) is 1.97. The molecule has 0 amide bonds. The minimum absolute atomic E-state index is 0.190. The average Bonchev–Trinajstić information content (AvgIpc) is 2.71. The van der Waals surface area contributed by atoms with Gasteiger partial charge in [0.15, 0.2) is 5.82 Å². The molecule has 1 fully saturated rings. The number of anilines is 2. The number of ether oxygens (including phenoxy) is 1. The summed E-state index contributed by atoms with van der Waals surface area (Å²) in [5.41, 5.74) is 7.81. The summed E-state index contributed by atoms with van der Waals surface area (Å²) in [6.45, 7) is 6.20. The minimum Gasteiger partial charge on any atom is -0.471 e. The third kappa shape index (κ3) is 2.42. The highest BCUT2D eigenvalue weighted by Crippen LogP contribution is 2.38. The molecule has 0 unspecified atom stereocenters. The Labute approximate surface area is 119 Å². The van der Waals surface area contributed by atoms with E-state index in [-0.39, 0.29) is 12.2 Å². The Bertz CT molecular complexity index is 508. The molecule has 2 aliphatic rings. The number of nitrogens with two attached hydrogens (primary N) is 1. The van der Waals surface area contributed by atoms with Gasteiger partial charge >= 0.3 is 0 Å². The van der Waals surface area contributed by atoms with E-state index in [1.807, 2.05) is 6.07 Å².